The lowest BCUT2D eigenvalue weighted by atomic mass is 10.1. The summed E-state index contributed by atoms with van der Waals surface area (Å²) < 4.78 is 0. The van der Waals surface area contributed by atoms with Crippen molar-refractivity contribution in [2.75, 3.05) is 5.32 Å². The van der Waals surface area contributed by atoms with Crippen LogP contribution in [0.3, 0.4) is 0 Å². The zero-order chi connectivity index (χ0) is 10.8. The zero-order valence-corrected chi connectivity index (χ0v) is 8.36. The Balaban J connectivity index is 2.12. The van der Waals surface area contributed by atoms with E-state index in [1.54, 1.807) is 0 Å². The molecule has 0 amide bonds. The lowest BCUT2D eigenvalue weighted by Crippen LogP contribution is -2.33. The molecule has 0 fully saturated rings. The Morgan fingerprint density at radius 1 is 1.13 bits per heavy atom. The molecule has 0 bridgehead atoms. The second-order valence-electron chi connectivity index (χ2n) is 3.53. The predicted octanol–water partition coefficient (Wildman–Crippen LogP) is 1.46. The third kappa shape index (κ3) is 1.81. The van der Waals surface area contributed by atoms with E-state index < -0.39 is 10.9 Å². The fraction of sp³-hybridized carbons (Fsp3) is 0.167. The van der Waals surface area contributed by atoms with Crippen LogP contribution >= 0.6 is 0 Å². The number of benzene rings is 1. The van der Waals surface area contributed by atoms with E-state index in [0.717, 1.165) is 5.56 Å². The molecule has 0 heterocycles. The SMILES string of the molecule is CC(Nc1cc(=O)c1=O)c1ccccc1. The third-order valence-corrected chi connectivity index (χ3v) is 2.42. The lowest BCUT2D eigenvalue weighted by molar-refractivity contribution is 0.879. The molecule has 0 saturated heterocycles. The van der Waals surface area contributed by atoms with Gasteiger partial charge in [0.15, 0.2) is 0 Å². The summed E-state index contributed by atoms with van der Waals surface area (Å²) in [6.07, 6.45) is 0. The van der Waals surface area contributed by atoms with Crippen LogP contribution in [0.25, 0.3) is 0 Å². The molecule has 0 aliphatic heterocycles. The average Bonchev–Trinajstić information content (AvgIpc) is 2.29. The van der Waals surface area contributed by atoms with Crippen molar-refractivity contribution >= 4 is 5.69 Å². The van der Waals surface area contributed by atoms with Crippen LogP contribution in [-0.2, 0) is 0 Å². The van der Waals surface area contributed by atoms with Gasteiger partial charge in [-0.15, -0.1) is 0 Å². The normalized spacial score (nSPS) is 12.6. The van der Waals surface area contributed by atoms with Crippen LogP contribution in [0.1, 0.15) is 18.5 Å². The number of rotatable bonds is 3. The first kappa shape index (κ1) is 9.65. The maximum Gasteiger partial charge on any atom is 0.248 e. The van der Waals surface area contributed by atoms with Crippen molar-refractivity contribution in [1.82, 2.24) is 0 Å². The number of nitrogens with one attached hydrogen (secondary N) is 1. The Kier molecular flexibility index (Phi) is 2.37. The van der Waals surface area contributed by atoms with Gasteiger partial charge >= 0.3 is 0 Å². The van der Waals surface area contributed by atoms with Crippen LogP contribution in [0.2, 0.25) is 0 Å². The molecule has 2 aromatic carbocycles. The van der Waals surface area contributed by atoms with Crippen molar-refractivity contribution in [2.24, 2.45) is 0 Å². The zero-order valence-electron chi connectivity index (χ0n) is 8.36. The minimum atomic E-state index is -0.419. The summed E-state index contributed by atoms with van der Waals surface area (Å²) in [6, 6.07) is 11.1. The Bertz CT molecular complexity index is 524. The highest BCUT2D eigenvalue weighted by Crippen LogP contribution is 2.15. The van der Waals surface area contributed by atoms with Gasteiger partial charge in [-0.05, 0) is 12.5 Å². The standard InChI is InChI=1S/C12H11NO2/c1-8(9-5-3-2-4-6-9)13-10-7-11(14)12(10)15/h2-8,13H,1H3. The van der Waals surface area contributed by atoms with Gasteiger partial charge in [0, 0.05) is 12.1 Å². The predicted molar refractivity (Wildman–Crippen MR) is 59.8 cm³/mol. The van der Waals surface area contributed by atoms with Gasteiger partial charge in [-0.2, -0.15) is 0 Å². The first-order chi connectivity index (χ1) is 7.18. The summed E-state index contributed by atoms with van der Waals surface area (Å²) in [5.41, 5.74) is 0.664. The van der Waals surface area contributed by atoms with Crippen LogP contribution in [0, 0.1) is 0 Å². The molecule has 0 aliphatic rings. The van der Waals surface area contributed by atoms with Gasteiger partial charge in [0.05, 0.1) is 5.69 Å². The number of anilines is 1. The van der Waals surface area contributed by atoms with E-state index in [0.29, 0.717) is 5.69 Å². The van der Waals surface area contributed by atoms with E-state index in [9.17, 15) is 9.59 Å². The topological polar surface area (TPSA) is 46.2 Å². The van der Waals surface area contributed by atoms with E-state index in [-0.39, 0.29) is 6.04 Å². The molecule has 0 radical (unpaired) electrons. The first-order valence-corrected chi connectivity index (χ1v) is 4.80. The maximum absolute atomic E-state index is 11.0. The summed E-state index contributed by atoms with van der Waals surface area (Å²) in [5, 5.41) is 3.00. The van der Waals surface area contributed by atoms with Gasteiger partial charge in [-0.3, -0.25) is 9.59 Å². The van der Waals surface area contributed by atoms with Crippen molar-refractivity contribution in [3.63, 3.8) is 0 Å². The van der Waals surface area contributed by atoms with Crippen LogP contribution < -0.4 is 16.2 Å². The molecular formula is C12H11NO2. The summed E-state index contributed by atoms with van der Waals surface area (Å²) >= 11 is 0. The van der Waals surface area contributed by atoms with Crippen LogP contribution in [0.5, 0.6) is 0 Å². The van der Waals surface area contributed by atoms with Crippen molar-refractivity contribution < 1.29 is 0 Å². The van der Waals surface area contributed by atoms with Crippen molar-refractivity contribution in [2.45, 2.75) is 13.0 Å². The highest BCUT2D eigenvalue weighted by atomic mass is 16.2. The van der Waals surface area contributed by atoms with Crippen LogP contribution in [0.15, 0.2) is 46.0 Å². The second kappa shape index (κ2) is 3.69. The highest BCUT2D eigenvalue weighted by Gasteiger charge is 2.12. The fourth-order valence-corrected chi connectivity index (χ4v) is 1.48. The first-order valence-electron chi connectivity index (χ1n) is 4.80. The lowest BCUT2D eigenvalue weighted by Gasteiger charge is -2.15. The molecule has 3 nitrogen and oxygen atoms in total. The van der Waals surface area contributed by atoms with Gasteiger partial charge in [0.25, 0.3) is 0 Å². The molecule has 0 spiro atoms. The quantitative estimate of drug-likeness (QED) is 0.764. The molecule has 0 saturated carbocycles. The highest BCUT2D eigenvalue weighted by molar-refractivity contribution is 5.49. The molecule has 0 aliphatic carbocycles. The fourth-order valence-electron chi connectivity index (χ4n) is 1.48. The molecule has 0 aromatic heterocycles. The number of hydrogen-bond acceptors (Lipinski definition) is 3. The number of hydrogen-bond donors (Lipinski definition) is 1. The molecule has 3 heteroatoms. The van der Waals surface area contributed by atoms with E-state index >= 15 is 0 Å². The van der Waals surface area contributed by atoms with E-state index in [4.69, 9.17) is 0 Å². The van der Waals surface area contributed by atoms with Crippen LogP contribution in [-0.4, -0.2) is 0 Å². The van der Waals surface area contributed by atoms with E-state index in [1.807, 2.05) is 37.3 Å². The molecule has 2 rings (SSSR count). The summed E-state index contributed by atoms with van der Waals surface area (Å²) in [4.78, 5) is 21.7. The molecule has 76 valence electrons. The average molecular weight is 201 g/mol. The molecule has 1 unspecified atom stereocenters. The van der Waals surface area contributed by atoms with Gasteiger partial charge < -0.3 is 5.32 Å². The molecule has 1 N–H and O–H groups in total. The monoisotopic (exact) mass is 201 g/mol. The van der Waals surface area contributed by atoms with Gasteiger partial charge in [0.2, 0.25) is 10.9 Å². The van der Waals surface area contributed by atoms with Gasteiger partial charge in [-0.1, -0.05) is 30.3 Å². The Hall–Kier alpha value is -1.90. The molecule has 1 atom stereocenters. The summed E-state index contributed by atoms with van der Waals surface area (Å²) in [7, 11) is 0. The largest absolute Gasteiger partial charge is 0.375 e. The van der Waals surface area contributed by atoms with Gasteiger partial charge in [0.1, 0.15) is 0 Å². The van der Waals surface area contributed by atoms with Crippen molar-refractivity contribution in [1.29, 1.82) is 0 Å². The van der Waals surface area contributed by atoms with E-state index in [1.165, 1.54) is 6.07 Å². The molecule has 2 aromatic rings. The third-order valence-electron chi connectivity index (χ3n) is 2.42. The maximum atomic E-state index is 11.0. The Morgan fingerprint density at radius 2 is 1.80 bits per heavy atom. The Morgan fingerprint density at radius 3 is 2.33 bits per heavy atom. The molecular weight excluding hydrogens is 190 g/mol. The molecule has 15 heavy (non-hydrogen) atoms. The van der Waals surface area contributed by atoms with Crippen LogP contribution in [0.4, 0.5) is 5.69 Å². The van der Waals surface area contributed by atoms with Crippen molar-refractivity contribution in [3.8, 4) is 0 Å². The summed E-state index contributed by atoms with van der Waals surface area (Å²) in [5.74, 6) is 0. The minimum absolute atomic E-state index is 0.0366. The summed E-state index contributed by atoms with van der Waals surface area (Å²) in [6.45, 7) is 1.95. The van der Waals surface area contributed by atoms with Crippen molar-refractivity contribution in [3.05, 3.63) is 62.4 Å². The second-order valence-corrected chi connectivity index (χ2v) is 3.53. The minimum Gasteiger partial charge on any atom is -0.375 e. The van der Waals surface area contributed by atoms with Gasteiger partial charge in [-0.25, -0.2) is 0 Å². The van der Waals surface area contributed by atoms with E-state index in [2.05, 4.69) is 5.32 Å². The Labute approximate surface area is 87.1 Å². The smallest absolute Gasteiger partial charge is 0.248 e.